The molecule has 0 saturated carbocycles. The van der Waals surface area contributed by atoms with E-state index >= 15 is 0 Å². The quantitative estimate of drug-likeness (QED) is 0.789. The number of halogens is 3. The molecule has 1 aromatic rings. The fourth-order valence-electron chi connectivity index (χ4n) is 4.80. The van der Waals surface area contributed by atoms with Gasteiger partial charge in [-0.15, -0.1) is 24.8 Å². The number of hydrogen-bond donors (Lipinski definition) is 2. The van der Waals surface area contributed by atoms with Gasteiger partial charge in [0.25, 0.3) is 0 Å². The van der Waals surface area contributed by atoms with E-state index in [-0.39, 0.29) is 42.5 Å². The molecule has 27 heavy (non-hydrogen) atoms. The van der Waals surface area contributed by atoms with E-state index in [0.29, 0.717) is 18.1 Å². The summed E-state index contributed by atoms with van der Waals surface area (Å²) in [6, 6.07) is 8.31. The molecular weight excluding hydrogens is 388 g/mol. The Hall–Kier alpha value is -0.880. The van der Waals surface area contributed by atoms with Crippen molar-refractivity contribution >= 4 is 30.7 Å². The maximum atomic E-state index is 13.4. The van der Waals surface area contributed by atoms with Gasteiger partial charge in [-0.25, -0.2) is 4.39 Å². The second-order valence-electron chi connectivity index (χ2n) is 8.02. The molecular formula is C20H30Cl2FN3O. The van der Waals surface area contributed by atoms with E-state index in [1.807, 2.05) is 6.07 Å². The van der Waals surface area contributed by atoms with Gasteiger partial charge in [0.1, 0.15) is 5.82 Å². The molecule has 3 aliphatic rings. The molecule has 4 rings (SSSR count). The molecule has 1 aromatic carbocycles. The number of piperidine rings is 2. The van der Waals surface area contributed by atoms with Gasteiger partial charge in [0.15, 0.2) is 0 Å². The van der Waals surface area contributed by atoms with Crippen molar-refractivity contribution < 1.29 is 9.18 Å². The van der Waals surface area contributed by atoms with Gasteiger partial charge in [-0.3, -0.25) is 9.69 Å². The van der Waals surface area contributed by atoms with Crippen molar-refractivity contribution in [3.05, 3.63) is 35.6 Å². The molecule has 152 valence electrons. The van der Waals surface area contributed by atoms with Crippen LogP contribution < -0.4 is 10.6 Å². The highest BCUT2D eigenvalue weighted by atomic mass is 35.5. The van der Waals surface area contributed by atoms with Gasteiger partial charge in [0.05, 0.1) is 5.92 Å². The van der Waals surface area contributed by atoms with Crippen LogP contribution in [0.25, 0.3) is 0 Å². The molecule has 0 aliphatic carbocycles. The third-order valence-corrected chi connectivity index (χ3v) is 5.99. The molecule has 3 aliphatic heterocycles. The number of carbonyl (C=O) groups excluding carboxylic acids is 1. The first kappa shape index (κ1) is 22.4. The molecule has 0 spiro atoms. The third-order valence-electron chi connectivity index (χ3n) is 5.99. The van der Waals surface area contributed by atoms with Crippen LogP contribution in [0.15, 0.2) is 24.3 Å². The minimum absolute atomic E-state index is 0. The van der Waals surface area contributed by atoms with Crippen LogP contribution in [-0.2, 0) is 11.3 Å². The maximum Gasteiger partial charge on any atom is 0.224 e. The minimum atomic E-state index is -0.190. The van der Waals surface area contributed by atoms with Crippen molar-refractivity contribution in [2.45, 2.75) is 63.2 Å². The van der Waals surface area contributed by atoms with Crippen LogP contribution in [0.1, 0.15) is 44.1 Å². The van der Waals surface area contributed by atoms with Gasteiger partial charge in [0.2, 0.25) is 5.91 Å². The lowest BCUT2D eigenvalue weighted by molar-refractivity contribution is -0.127. The van der Waals surface area contributed by atoms with Gasteiger partial charge < -0.3 is 10.6 Å². The second kappa shape index (κ2) is 10.1. The number of nitrogens with one attached hydrogen (secondary N) is 2. The molecule has 3 unspecified atom stereocenters. The normalized spacial score (nSPS) is 30.1. The Morgan fingerprint density at radius 1 is 1.19 bits per heavy atom. The molecule has 7 heteroatoms. The number of rotatable bonds is 4. The SMILES string of the molecule is Cl.Cl.O=C(NC1CC2CCC(C1)N2)C1CCCN(Cc2cccc(F)c2)C1. The first-order chi connectivity index (χ1) is 12.2. The number of carbonyl (C=O) groups is 1. The molecule has 3 saturated heterocycles. The van der Waals surface area contributed by atoms with Crippen LogP contribution in [0.2, 0.25) is 0 Å². The largest absolute Gasteiger partial charge is 0.353 e. The monoisotopic (exact) mass is 417 g/mol. The molecule has 3 atom stereocenters. The van der Waals surface area contributed by atoms with Crippen LogP contribution >= 0.6 is 24.8 Å². The van der Waals surface area contributed by atoms with E-state index in [9.17, 15) is 9.18 Å². The van der Waals surface area contributed by atoms with Crippen LogP contribution in [0.3, 0.4) is 0 Å². The van der Waals surface area contributed by atoms with Gasteiger partial charge in [-0.05, 0) is 62.8 Å². The third kappa shape index (κ3) is 5.80. The molecule has 3 heterocycles. The van der Waals surface area contributed by atoms with Gasteiger partial charge in [-0.1, -0.05) is 12.1 Å². The van der Waals surface area contributed by atoms with Crippen LogP contribution in [0, 0.1) is 11.7 Å². The second-order valence-corrected chi connectivity index (χ2v) is 8.02. The van der Waals surface area contributed by atoms with E-state index in [1.54, 1.807) is 12.1 Å². The maximum absolute atomic E-state index is 13.4. The Balaban J connectivity index is 0.00000131. The summed E-state index contributed by atoms with van der Waals surface area (Å²) in [6.07, 6.45) is 6.64. The number of amides is 1. The van der Waals surface area contributed by atoms with E-state index in [2.05, 4.69) is 15.5 Å². The zero-order valence-corrected chi connectivity index (χ0v) is 17.2. The summed E-state index contributed by atoms with van der Waals surface area (Å²) in [4.78, 5) is 15.0. The number of hydrogen-bond acceptors (Lipinski definition) is 3. The van der Waals surface area contributed by atoms with Gasteiger partial charge in [0, 0.05) is 31.2 Å². The van der Waals surface area contributed by atoms with Crippen molar-refractivity contribution in [1.29, 1.82) is 0 Å². The molecule has 2 N–H and O–H groups in total. The fraction of sp³-hybridized carbons (Fsp3) is 0.650. The number of benzene rings is 1. The molecule has 3 fully saturated rings. The van der Waals surface area contributed by atoms with Crippen molar-refractivity contribution in [3.8, 4) is 0 Å². The zero-order chi connectivity index (χ0) is 17.2. The van der Waals surface area contributed by atoms with Crippen LogP contribution in [0.4, 0.5) is 4.39 Å². The summed E-state index contributed by atoms with van der Waals surface area (Å²) in [5.74, 6) is 0.0921. The average Bonchev–Trinajstić information content (AvgIpc) is 2.93. The summed E-state index contributed by atoms with van der Waals surface area (Å²) < 4.78 is 13.4. The van der Waals surface area contributed by atoms with E-state index in [4.69, 9.17) is 0 Å². The first-order valence-corrected chi connectivity index (χ1v) is 9.69. The topological polar surface area (TPSA) is 44.4 Å². The minimum Gasteiger partial charge on any atom is -0.353 e. The fourth-order valence-corrected chi connectivity index (χ4v) is 4.80. The predicted octanol–water partition coefficient (Wildman–Crippen LogP) is 3.28. The predicted molar refractivity (Wildman–Crippen MR) is 110 cm³/mol. The Bertz CT molecular complexity index is 621. The number of nitrogens with zero attached hydrogens (tertiary/aromatic N) is 1. The summed E-state index contributed by atoms with van der Waals surface area (Å²) in [6.45, 7) is 2.48. The lowest BCUT2D eigenvalue weighted by atomic mass is 9.94. The average molecular weight is 418 g/mol. The van der Waals surface area contributed by atoms with Crippen LogP contribution in [-0.4, -0.2) is 42.0 Å². The Kier molecular flexibility index (Phi) is 8.35. The number of fused-ring (bicyclic) bond motifs is 2. The summed E-state index contributed by atoms with van der Waals surface area (Å²) in [5, 5.41) is 6.94. The molecule has 4 nitrogen and oxygen atoms in total. The lowest BCUT2D eigenvalue weighted by Gasteiger charge is -2.34. The Morgan fingerprint density at radius 2 is 1.93 bits per heavy atom. The lowest BCUT2D eigenvalue weighted by Crippen LogP contribution is -2.51. The first-order valence-electron chi connectivity index (χ1n) is 9.69. The molecule has 0 aromatic heterocycles. The van der Waals surface area contributed by atoms with E-state index in [1.165, 1.54) is 18.9 Å². The van der Waals surface area contributed by atoms with Gasteiger partial charge in [-0.2, -0.15) is 0 Å². The molecule has 2 bridgehead atoms. The van der Waals surface area contributed by atoms with Crippen molar-refractivity contribution in [2.75, 3.05) is 13.1 Å². The Morgan fingerprint density at radius 3 is 2.63 bits per heavy atom. The zero-order valence-electron chi connectivity index (χ0n) is 15.5. The van der Waals surface area contributed by atoms with Crippen molar-refractivity contribution in [3.63, 3.8) is 0 Å². The van der Waals surface area contributed by atoms with E-state index in [0.717, 1.165) is 50.9 Å². The Labute approximate surface area is 173 Å². The number of likely N-dealkylation sites (tertiary alicyclic amines) is 1. The highest BCUT2D eigenvalue weighted by Gasteiger charge is 2.35. The highest BCUT2D eigenvalue weighted by Crippen LogP contribution is 2.27. The van der Waals surface area contributed by atoms with Crippen LogP contribution in [0.5, 0.6) is 0 Å². The van der Waals surface area contributed by atoms with E-state index < -0.39 is 0 Å². The summed E-state index contributed by atoms with van der Waals surface area (Å²) >= 11 is 0. The summed E-state index contributed by atoms with van der Waals surface area (Å²) in [7, 11) is 0. The smallest absolute Gasteiger partial charge is 0.224 e. The van der Waals surface area contributed by atoms with Crippen molar-refractivity contribution in [1.82, 2.24) is 15.5 Å². The highest BCUT2D eigenvalue weighted by molar-refractivity contribution is 5.85. The summed E-state index contributed by atoms with van der Waals surface area (Å²) in [5.41, 5.74) is 0.982. The van der Waals surface area contributed by atoms with Gasteiger partial charge >= 0.3 is 0 Å². The molecule has 0 radical (unpaired) electrons. The molecule has 1 amide bonds. The standard InChI is InChI=1S/C20H28FN3O.2ClH/c21-16-5-1-3-14(9-16)12-24-8-2-4-15(13-24)20(25)23-19-10-17-6-7-18(11-19)22-17;;/h1,3,5,9,15,17-19,22H,2,4,6-8,10-13H2,(H,23,25);2*1H. The van der Waals surface area contributed by atoms with Crippen molar-refractivity contribution in [2.24, 2.45) is 5.92 Å².